The lowest BCUT2D eigenvalue weighted by atomic mass is 10.2. The van der Waals surface area contributed by atoms with Gasteiger partial charge in [0.25, 0.3) is 0 Å². The zero-order valence-corrected chi connectivity index (χ0v) is 13.7. The summed E-state index contributed by atoms with van der Waals surface area (Å²) in [6, 6.07) is 3.63. The molecule has 2 rings (SSSR count). The first-order valence-electron chi connectivity index (χ1n) is 7.12. The molecule has 1 amide bonds. The first kappa shape index (κ1) is 17.0. The van der Waals surface area contributed by atoms with E-state index in [4.69, 9.17) is 21.7 Å². The first-order chi connectivity index (χ1) is 11.0. The minimum Gasteiger partial charge on any atom is -0.482 e. The molecule has 1 N–H and O–H groups in total. The molecule has 2 heterocycles. The molecule has 0 fully saturated rings. The lowest BCUT2D eigenvalue weighted by Crippen LogP contribution is -2.37. The molecule has 2 aromatic rings. The Bertz CT molecular complexity index is 672. The van der Waals surface area contributed by atoms with Crippen LogP contribution in [-0.4, -0.2) is 40.2 Å². The largest absolute Gasteiger partial charge is 0.482 e. The van der Waals surface area contributed by atoms with Crippen LogP contribution in [0.3, 0.4) is 0 Å². The van der Waals surface area contributed by atoms with Gasteiger partial charge in [0.2, 0.25) is 5.91 Å². The highest BCUT2D eigenvalue weighted by molar-refractivity contribution is 6.32. The number of nitrogens with zero attached hydrogens (tertiary/aromatic N) is 4. The van der Waals surface area contributed by atoms with Gasteiger partial charge in [0.15, 0.2) is 11.6 Å². The minimum atomic E-state index is -0.201. The van der Waals surface area contributed by atoms with E-state index in [-0.39, 0.29) is 30.1 Å². The number of pyridine rings is 1. The fourth-order valence-electron chi connectivity index (χ4n) is 2.01. The van der Waals surface area contributed by atoms with Gasteiger partial charge in [-0.05, 0) is 12.1 Å². The Balaban J connectivity index is 2.32. The summed E-state index contributed by atoms with van der Waals surface area (Å²) in [7, 11) is 0. The van der Waals surface area contributed by atoms with Gasteiger partial charge in [-0.2, -0.15) is 5.10 Å². The van der Waals surface area contributed by atoms with Gasteiger partial charge < -0.3 is 9.64 Å². The third-order valence-corrected chi connectivity index (χ3v) is 3.40. The summed E-state index contributed by atoms with van der Waals surface area (Å²) in [6.45, 7) is 4.11. The van der Waals surface area contributed by atoms with Gasteiger partial charge in [-0.1, -0.05) is 25.4 Å². The van der Waals surface area contributed by atoms with E-state index in [9.17, 15) is 4.79 Å². The van der Waals surface area contributed by atoms with Gasteiger partial charge in [-0.3, -0.25) is 15.2 Å². The quantitative estimate of drug-likeness (QED) is 0.478. The molecule has 0 spiro atoms. The molecule has 0 aliphatic heterocycles. The normalized spacial score (nSPS) is 10.6. The summed E-state index contributed by atoms with van der Waals surface area (Å²) in [5, 5.41) is 11.4. The third kappa shape index (κ3) is 4.07. The third-order valence-electron chi connectivity index (χ3n) is 3.13. The zero-order valence-electron chi connectivity index (χ0n) is 12.9. The molecular weight excluding hydrogens is 318 g/mol. The van der Waals surface area contributed by atoms with Crippen molar-refractivity contribution in [3.05, 3.63) is 35.9 Å². The molecule has 0 aliphatic rings. The number of nitrogens with one attached hydrogen (secondary N) is 1. The molecule has 0 saturated heterocycles. The summed E-state index contributed by atoms with van der Waals surface area (Å²) in [4.78, 5) is 18.0. The highest BCUT2D eigenvalue weighted by Crippen LogP contribution is 2.27. The van der Waals surface area contributed by atoms with Crippen molar-refractivity contribution < 1.29 is 9.53 Å². The van der Waals surface area contributed by atoms with Crippen LogP contribution >= 0.6 is 11.6 Å². The van der Waals surface area contributed by atoms with Crippen LogP contribution in [0.1, 0.15) is 13.8 Å². The van der Waals surface area contributed by atoms with Crippen molar-refractivity contribution in [1.82, 2.24) is 14.8 Å². The number of carbonyl (C=O) groups is 1. The molecule has 0 unspecified atom stereocenters. The molecule has 0 atom stereocenters. The van der Waals surface area contributed by atoms with E-state index in [0.29, 0.717) is 5.69 Å². The van der Waals surface area contributed by atoms with Crippen LogP contribution in [0, 0.1) is 11.3 Å². The first-order valence-corrected chi connectivity index (χ1v) is 7.50. The summed E-state index contributed by atoms with van der Waals surface area (Å²) in [5.41, 5.74) is 1.25. The maximum absolute atomic E-state index is 12.4. The smallest absolute Gasteiger partial charge is 0.229 e. The van der Waals surface area contributed by atoms with Crippen LogP contribution in [0.15, 0.2) is 30.7 Å². The number of hydrogen-bond donors (Lipinski definition) is 1. The number of anilines is 1. The Hall–Kier alpha value is -2.41. The second-order valence-corrected chi connectivity index (χ2v) is 5.45. The topological polar surface area (TPSA) is 84.1 Å². The van der Waals surface area contributed by atoms with Crippen LogP contribution in [0.2, 0.25) is 5.15 Å². The summed E-state index contributed by atoms with van der Waals surface area (Å²) < 4.78 is 6.49. The van der Waals surface area contributed by atoms with Crippen molar-refractivity contribution in [3.63, 3.8) is 0 Å². The fourth-order valence-corrected chi connectivity index (χ4v) is 2.24. The van der Waals surface area contributed by atoms with Gasteiger partial charge in [0, 0.05) is 12.1 Å². The Labute approximate surface area is 139 Å². The number of carbonyl (C=O) groups excluding carboxylic acids is 1. The molecule has 0 bridgehead atoms. The number of halogens is 1. The van der Waals surface area contributed by atoms with E-state index in [1.165, 1.54) is 4.90 Å². The van der Waals surface area contributed by atoms with Crippen molar-refractivity contribution in [2.75, 3.05) is 18.1 Å². The van der Waals surface area contributed by atoms with Gasteiger partial charge in [-0.25, -0.2) is 4.68 Å². The van der Waals surface area contributed by atoms with Crippen molar-refractivity contribution in [2.45, 2.75) is 13.8 Å². The number of amides is 1. The summed E-state index contributed by atoms with van der Waals surface area (Å²) in [5.74, 6) is -0.293. The SMILES string of the molecule is CC(C)C(=O)N(CCOC=N)c1cn(-c2cccnc2)nc1Cl. The van der Waals surface area contributed by atoms with E-state index in [0.717, 1.165) is 12.1 Å². The Morgan fingerprint density at radius 2 is 2.35 bits per heavy atom. The van der Waals surface area contributed by atoms with Crippen LogP contribution in [0.25, 0.3) is 5.69 Å². The van der Waals surface area contributed by atoms with Crippen molar-refractivity contribution in [3.8, 4) is 5.69 Å². The number of aromatic nitrogens is 3. The average Bonchev–Trinajstić information content (AvgIpc) is 2.93. The summed E-state index contributed by atoms with van der Waals surface area (Å²) >= 11 is 6.22. The van der Waals surface area contributed by atoms with Crippen LogP contribution in [-0.2, 0) is 9.53 Å². The standard InChI is InChI=1S/C15H18ClN5O2/c1-11(2)15(22)20(6-7-23-10-17)13-9-21(19-14(13)16)12-4-3-5-18-8-12/h3-5,8-11,17H,6-7H2,1-2H3. The van der Waals surface area contributed by atoms with E-state index in [2.05, 4.69) is 10.1 Å². The second kappa shape index (κ2) is 7.73. The number of rotatable bonds is 7. The van der Waals surface area contributed by atoms with E-state index in [1.54, 1.807) is 29.3 Å². The van der Waals surface area contributed by atoms with E-state index in [1.807, 2.05) is 19.9 Å². The van der Waals surface area contributed by atoms with Crippen molar-refractivity contribution >= 4 is 29.6 Å². The molecule has 8 heteroatoms. The molecule has 2 aromatic heterocycles. The van der Waals surface area contributed by atoms with Crippen LogP contribution in [0.4, 0.5) is 5.69 Å². The molecule has 0 radical (unpaired) electrons. The van der Waals surface area contributed by atoms with Crippen LogP contribution < -0.4 is 4.90 Å². The Kier molecular flexibility index (Phi) is 5.70. The molecule has 122 valence electrons. The van der Waals surface area contributed by atoms with Gasteiger partial charge in [0.1, 0.15) is 12.3 Å². The Morgan fingerprint density at radius 3 is 2.96 bits per heavy atom. The van der Waals surface area contributed by atoms with Crippen molar-refractivity contribution in [2.24, 2.45) is 5.92 Å². The monoisotopic (exact) mass is 335 g/mol. The van der Waals surface area contributed by atoms with E-state index >= 15 is 0 Å². The molecule has 0 aromatic carbocycles. The highest BCUT2D eigenvalue weighted by Gasteiger charge is 2.23. The van der Waals surface area contributed by atoms with Gasteiger partial charge in [0.05, 0.1) is 24.6 Å². The summed E-state index contributed by atoms with van der Waals surface area (Å²) in [6.07, 6.45) is 5.85. The lowest BCUT2D eigenvalue weighted by molar-refractivity contribution is -0.121. The highest BCUT2D eigenvalue weighted by atomic mass is 35.5. The molecule has 0 saturated carbocycles. The Morgan fingerprint density at radius 1 is 1.57 bits per heavy atom. The van der Waals surface area contributed by atoms with Gasteiger partial charge in [-0.15, -0.1) is 0 Å². The van der Waals surface area contributed by atoms with Gasteiger partial charge >= 0.3 is 0 Å². The molecule has 0 aliphatic carbocycles. The second-order valence-electron chi connectivity index (χ2n) is 5.09. The molecule has 23 heavy (non-hydrogen) atoms. The lowest BCUT2D eigenvalue weighted by Gasteiger charge is -2.23. The molecular formula is C15H18ClN5O2. The maximum atomic E-state index is 12.4. The number of hydrogen-bond acceptors (Lipinski definition) is 5. The minimum absolute atomic E-state index is 0.0915. The number of ether oxygens (including phenoxy) is 1. The predicted octanol–water partition coefficient (Wildman–Crippen LogP) is 2.53. The maximum Gasteiger partial charge on any atom is 0.229 e. The predicted molar refractivity (Wildman–Crippen MR) is 88.3 cm³/mol. The van der Waals surface area contributed by atoms with Crippen LogP contribution in [0.5, 0.6) is 0 Å². The van der Waals surface area contributed by atoms with Crippen molar-refractivity contribution in [1.29, 1.82) is 5.41 Å². The average molecular weight is 336 g/mol. The van der Waals surface area contributed by atoms with E-state index < -0.39 is 0 Å². The fraction of sp³-hybridized carbons (Fsp3) is 0.333. The zero-order chi connectivity index (χ0) is 16.8. The molecule has 7 nitrogen and oxygen atoms in total.